The number of aromatic nitrogens is 1. The van der Waals surface area contributed by atoms with Gasteiger partial charge in [0.25, 0.3) is 0 Å². The number of halogens is 1. The second kappa shape index (κ2) is 9.85. The third-order valence-corrected chi connectivity index (χ3v) is 5.30. The molecule has 2 heterocycles. The van der Waals surface area contributed by atoms with Gasteiger partial charge in [-0.3, -0.25) is 4.79 Å². The molecule has 3 N–H and O–H groups in total. The molecule has 2 aromatic heterocycles. The predicted molar refractivity (Wildman–Crippen MR) is 131 cm³/mol. The summed E-state index contributed by atoms with van der Waals surface area (Å²) in [4.78, 5) is 12.6. The summed E-state index contributed by atoms with van der Waals surface area (Å²) in [5.41, 5.74) is 2.50. The van der Waals surface area contributed by atoms with E-state index in [1.807, 2.05) is 31.2 Å². The van der Waals surface area contributed by atoms with Crippen molar-refractivity contribution in [2.75, 3.05) is 5.32 Å². The van der Waals surface area contributed by atoms with E-state index in [1.54, 1.807) is 36.6 Å². The van der Waals surface area contributed by atoms with Crippen LogP contribution < -0.4 is 10.6 Å². The number of aryl methyl sites for hydroxylation is 1. The van der Waals surface area contributed by atoms with Crippen molar-refractivity contribution in [2.24, 2.45) is 10.2 Å². The Balaban J connectivity index is 1.56. The highest BCUT2D eigenvalue weighted by atomic mass is 35.5. The van der Waals surface area contributed by atoms with Crippen LogP contribution >= 0.6 is 23.8 Å². The topological polar surface area (TPSA) is 104 Å². The van der Waals surface area contributed by atoms with Crippen LogP contribution in [0.5, 0.6) is 5.88 Å². The standard InChI is InChI=1S/C23H20ClN5O3S/c1-14-4-7-16(8-5-14)26-20(30)13-29-19-9-6-15(24)11-18(19)21(22(29)31)27-28-23(33)25-12-17-3-2-10-32-17/h2-11,31H,12-13H2,1H3,(H,25,33)(H,26,30). The minimum Gasteiger partial charge on any atom is -0.493 e. The molecule has 168 valence electrons. The van der Waals surface area contributed by atoms with E-state index < -0.39 is 0 Å². The summed E-state index contributed by atoms with van der Waals surface area (Å²) < 4.78 is 6.68. The number of hydrogen-bond acceptors (Lipinski definition) is 5. The van der Waals surface area contributed by atoms with E-state index in [-0.39, 0.29) is 29.1 Å². The molecule has 0 aliphatic heterocycles. The maximum Gasteiger partial charge on any atom is 0.244 e. The summed E-state index contributed by atoms with van der Waals surface area (Å²) in [5, 5.41) is 25.8. The number of anilines is 1. The van der Waals surface area contributed by atoms with Gasteiger partial charge in [0.15, 0.2) is 5.69 Å². The van der Waals surface area contributed by atoms with Crippen molar-refractivity contribution in [3.8, 4) is 5.88 Å². The Hall–Kier alpha value is -3.69. The molecule has 0 bridgehead atoms. The van der Waals surface area contributed by atoms with E-state index in [2.05, 4.69) is 20.9 Å². The lowest BCUT2D eigenvalue weighted by Gasteiger charge is -2.09. The number of thiocarbonyl (C=S) groups is 1. The van der Waals surface area contributed by atoms with Crippen LogP contribution in [-0.4, -0.2) is 20.7 Å². The minimum absolute atomic E-state index is 0.117. The lowest BCUT2D eigenvalue weighted by molar-refractivity contribution is -0.116. The van der Waals surface area contributed by atoms with Gasteiger partial charge in [0.2, 0.25) is 16.9 Å². The third kappa shape index (κ3) is 5.39. The first-order chi connectivity index (χ1) is 15.9. The normalized spacial score (nSPS) is 11.2. The number of azo groups is 1. The maximum absolute atomic E-state index is 12.6. The van der Waals surface area contributed by atoms with Gasteiger partial charge in [-0.25, -0.2) is 0 Å². The fourth-order valence-corrected chi connectivity index (χ4v) is 3.53. The van der Waals surface area contributed by atoms with Crippen LogP contribution in [0, 0.1) is 6.92 Å². The van der Waals surface area contributed by atoms with Gasteiger partial charge in [-0.15, -0.1) is 10.2 Å². The van der Waals surface area contributed by atoms with Crippen LogP contribution in [0.25, 0.3) is 10.9 Å². The lowest BCUT2D eigenvalue weighted by atomic mass is 10.2. The van der Waals surface area contributed by atoms with E-state index in [0.717, 1.165) is 5.56 Å². The molecule has 4 aromatic rings. The molecule has 0 atom stereocenters. The molecule has 4 rings (SSSR count). The molecular formula is C23H20ClN5O3S. The average Bonchev–Trinajstić information content (AvgIpc) is 3.39. The fourth-order valence-electron chi connectivity index (χ4n) is 3.24. The van der Waals surface area contributed by atoms with Crippen molar-refractivity contribution in [1.29, 1.82) is 0 Å². The van der Waals surface area contributed by atoms with Crippen molar-refractivity contribution in [3.05, 3.63) is 77.2 Å². The molecule has 0 radical (unpaired) electrons. The van der Waals surface area contributed by atoms with Crippen LogP contribution in [0.1, 0.15) is 11.3 Å². The first kappa shape index (κ1) is 22.5. The molecule has 0 aliphatic carbocycles. The largest absolute Gasteiger partial charge is 0.493 e. The van der Waals surface area contributed by atoms with Crippen LogP contribution in [0.3, 0.4) is 0 Å². The van der Waals surface area contributed by atoms with Gasteiger partial charge >= 0.3 is 0 Å². The van der Waals surface area contributed by atoms with Crippen molar-refractivity contribution in [2.45, 2.75) is 20.0 Å². The summed E-state index contributed by atoms with van der Waals surface area (Å²) in [7, 11) is 0. The van der Waals surface area contributed by atoms with E-state index in [4.69, 9.17) is 28.2 Å². The molecule has 2 aromatic carbocycles. The smallest absolute Gasteiger partial charge is 0.244 e. The number of furan rings is 1. The molecule has 0 aliphatic rings. The Kier molecular flexibility index (Phi) is 6.71. The van der Waals surface area contributed by atoms with Gasteiger partial charge in [0.1, 0.15) is 12.3 Å². The van der Waals surface area contributed by atoms with Crippen molar-refractivity contribution in [1.82, 2.24) is 9.88 Å². The number of carbonyl (C=O) groups excluding carboxylic acids is 1. The van der Waals surface area contributed by atoms with E-state index in [1.165, 1.54) is 4.57 Å². The van der Waals surface area contributed by atoms with Crippen molar-refractivity contribution in [3.63, 3.8) is 0 Å². The van der Waals surface area contributed by atoms with E-state index in [9.17, 15) is 9.90 Å². The van der Waals surface area contributed by atoms with Crippen LogP contribution in [0.4, 0.5) is 11.4 Å². The second-order valence-electron chi connectivity index (χ2n) is 7.27. The highest BCUT2D eigenvalue weighted by Gasteiger charge is 2.19. The number of rotatable bonds is 6. The van der Waals surface area contributed by atoms with E-state index >= 15 is 0 Å². The number of carbonyl (C=O) groups is 1. The second-order valence-corrected chi connectivity index (χ2v) is 8.10. The molecule has 0 fully saturated rings. The Morgan fingerprint density at radius 2 is 2.00 bits per heavy atom. The molecular weight excluding hydrogens is 462 g/mol. The summed E-state index contributed by atoms with van der Waals surface area (Å²) in [5.74, 6) is 0.169. The number of fused-ring (bicyclic) bond motifs is 1. The van der Waals surface area contributed by atoms with Gasteiger partial charge in [-0.05, 0) is 61.6 Å². The Morgan fingerprint density at radius 3 is 2.73 bits per heavy atom. The number of hydrogen-bond donors (Lipinski definition) is 3. The highest BCUT2D eigenvalue weighted by Crippen LogP contribution is 2.40. The fraction of sp³-hybridized carbons (Fsp3) is 0.130. The number of aromatic hydroxyl groups is 1. The predicted octanol–water partition coefficient (Wildman–Crippen LogP) is 5.70. The summed E-state index contributed by atoms with van der Waals surface area (Å²) in [6, 6.07) is 16.1. The zero-order valence-electron chi connectivity index (χ0n) is 17.6. The maximum atomic E-state index is 12.6. The third-order valence-electron chi connectivity index (χ3n) is 4.84. The van der Waals surface area contributed by atoms with Gasteiger partial charge in [-0.1, -0.05) is 29.3 Å². The Labute approximate surface area is 199 Å². The lowest BCUT2D eigenvalue weighted by Crippen LogP contribution is -2.18. The molecule has 1 amide bonds. The summed E-state index contributed by atoms with van der Waals surface area (Å²) in [6.07, 6.45) is 1.56. The molecule has 0 saturated heterocycles. The molecule has 0 unspecified atom stereocenters. The molecule has 0 saturated carbocycles. The van der Waals surface area contributed by atoms with Gasteiger partial charge in [0, 0.05) is 16.1 Å². The average molecular weight is 482 g/mol. The highest BCUT2D eigenvalue weighted by molar-refractivity contribution is 7.80. The number of nitrogens with one attached hydrogen (secondary N) is 2. The number of benzene rings is 2. The van der Waals surface area contributed by atoms with Gasteiger partial charge < -0.3 is 24.7 Å². The van der Waals surface area contributed by atoms with Crippen LogP contribution in [0.2, 0.25) is 5.02 Å². The quantitative estimate of drug-likeness (QED) is 0.242. The van der Waals surface area contributed by atoms with Gasteiger partial charge in [-0.2, -0.15) is 0 Å². The summed E-state index contributed by atoms with van der Waals surface area (Å²) in [6.45, 7) is 2.19. The molecule has 10 heteroatoms. The minimum atomic E-state index is -0.305. The SMILES string of the molecule is Cc1ccc(NC(=O)Cn2c(O)c(N=NC(=S)NCc3ccco3)c3cc(Cl)ccc32)cc1. The molecule has 0 spiro atoms. The number of nitrogens with zero attached hydrogens (tertiary/aromatic N) is 3. The Bertz CT molecular complexity index is 1330. The summed E-state index contributed by atoms with van der Waals surface area (Å²) >= 11 is 11.3. The van der Waals surface area contributed by atoms with Gasteiger partial charge in [0.05, 0.1) is 18.3 Å². The van der Waals surface area contributed by atoms with E-state index in [0.29, 0.717) is 33.9 Å². The number of amides is 1. The monoisotopic (exact) mass is 481 g/mol. The molecule has 33 heavy (non-hydrogen) atoms. The van der Waals surface area contributed by atoms with Crippen molar-refractivity contribution < 1.29 is 14.3 Å². The first-order valence-corrected chi connectivity index (χ1v) is 10.8. The molecule has 8 nitrogen and oxygen atoms in total. The van der Waals surface area contributed by atoms with Crippen LogP contribution in [0.15, 0.2) is 75.5 Å². The Morgan fingerprint density at radius 1 is 1.21 bits per heavy atom. The van der Waals surface area contributed by atoms with Crippen molar-refractivity contribution >= 4 is 57.1 Å². The first-order valence-electron chi connectivity index (χ1n) is 10.00. The zero-order valence-corrected chi connectivity index (χ0v) is 19.2. The van der Waals surface area contributed by atoms with Crippen LogP contribution in [-0.2, 0) is 17.9 Å². The zero-order chi connectivity index (χ0) is 23.4.